The van der Waals surface area contributed by atoms with Crippen LogP contribution in [-0.4, -0.2) is 53.5 Å². The first kappa shape index (κ1) is 98.5. The Balaban J connectivity index is 0.000000208. The van der Waals surface area contributed by atoms with Crippen LogP contribution < -0.4 is 18.6 Å². The number of hydrogen-bond acceptors (Lipinski definition) is 9. The molecular weight excluding hydrogens is 2230 g/mol. The van der Waals surface area contributed by atoms with Crippen LogP contribution in [-0.2, 0) is 84.9 Å². The van der Waals surface area contributed by atoms with Crippen molar-refractivity contribution in [2.45, 2.75) is 190 Å². The molecule has 0 aliphatic rings. The zero-order valence-corrected chi connectivity index (χ0v) is 90.6. The Labute approximate surface area is 884 Å². The fourth-order valence-corrected chi connectivity index (χ4v) is 17.3. The third kappa shape index (κ3) is 24.2. The zero-order chi connectivity index (χ0) is 109. The number of aromatic nitrogens is 8. The number of alkyl halides is 3. The van der Waals surface area contributed by atoms with Crippen molar-refractivity contribution in [3.63, 3.8) is 0 Å². The maximum Gasteiger partial charge on any atom is 0 e. The molecule has 0 saturated carbocycles. The molecule has 144 heavy (non-hydrogen) atoms. The number of ether oxygens (including phenoxy) is 2. The molecule has 0 amide bonds. The number of nitrogens with zero attached hydrogens (tertiary/aromatic N) is 9. The van der Waals surface area contributed by atoms with E-state index in [4.69, 9.17) is 70.9 Å². The summed E-state index contributed by atoms with van der Waals surface area (Å²) in [5, 5.41) is 12.5. The van der Waals surface area contributed by atoms with Crippen LogP contribution in [0.5, 0.6) is 23.0 Å². The van der Waals surface area contributed by atoms with Gasteiger partial charge in [0.2, 0.25) is 0 Å². The molecule has 0 spiro atoms. The van der Waals surface area contributed by atoms with E-state index >= 15 is 0 Å². The molecule has 6 aromatic heterocycles. The van der Waals surface area contributed by atoms with Crippen molar-refractivity contribution in [2.24, 2.45) is 0 Å². The number of hydrogen-bond donors (Lipinski definition) is 0. The van der Waals surface area contributed by atoms with Gasteiger partial charge in [-0.25, -0.2) is 18.4 Å². The van der Waals surface area contributed by atoms with Crippen LogP contribution in [0.25, 0.3) is 122 Å². The number of benzene rings is 13. The topological polar surface area (TPSA) is 170 Å². The molecule has 6 heterocycles. The minimum atomic E-state index is -6.09. The Bertz CT molecular complexity index is 7930. The first-order chi connectivity index (χ1) is 70.3. The van der Waals surface area contributed by atoms with Crippen LogP contribution in [0.15, 0.2) is 304 Å². The van der Waals surface area contributed by atoms with E-state index in [0.29, 0.717) is 56.9 Å². The van der Waals surface area contributed by atoms with E-state index in [1.54, 1.807) is 24.5 Å². The average Bonchev–Trinajstić information content (AvgIpc) is 1.60. The first-order valence-corrected chi connectivity index (χ1v) is 53.5. The Hall–Kier alpha value is -12.9. The summed E-state index contributed by atoms with van der Waals surface area (Å²) >= 11 is -0.472. The molecule has 0 aliphatic heterocycles. The Morgan fingerprint density at radius 2 is 0.882 bits per heavy atom. The summed E-state index contributed by atoms with van der Waals surface area (Å²) < 4.78 is 142. The van der Waals surface area contributed by atoms with Gasteiger partial charge in [-0.05, 0) is 258 Å². The molecule has 19 aromatic rings. The molecule has 0 N–H and O–H groups in total. The number of nitriles is 1. The van der Waals surface area contributed by atoms with Gasteiger partial charge in [0.1, 0.15) is 34.5 Å². The largest absolute Gasteiger partial charge is 0 e. The molecule has 0 fully saturated rings. The monoisotopic (exact) mass is 2350 g/mol. The van der Waals surface area contributed by atoms with Crippen LogP contribution in [0.1, 0.15) is 195 Å². The molecular formula is C121H117Cl2F3N9O6Pt2S-3. The molecule has 19 rings (SSSR count). The molecule has 0 saturated heterocycles. The summed E-state index contributed by atoms with van der Waals surface area (Å²) in [6.45, 7) is 40.0. The number of fused-ring (bicyclic) bond motifs is 8. The summed E-state index contributed by atoms with van der Waals surface area (Å²) in [6, 6.07) is 106. The van der Waals surface area contributed by atoms with Crippen LogP contribution in [0.4, 0.5) is 13.2 Å². The Morgan fingerprint density at radius 1 is 0.458 bits per heavy atom. The first-order valence-electron chi connectivity index (χ1n) is 49.9. The van der Waals surface area contributed by atoms with Gasteiger partial charge in [-0.3, -0.25) is 15.9 Å². The minimum absolute atomic E-state index is 0. The summed E-state index contributed by atoms with van der Waals surface area (Å²) in [5.74, 6) is 3.78. The van der Waals surface area contributed by atoms with Crippen molar-refractivity contribution in [1.29, 1.82) is 5.26 Å². The second-order valence-corrected chi connectivity index (χ2v) is 46.0. The Kier molecular flexibility index (Phi) is 29.8. The van der Waals surface area contributed by atoms with Crippen molar-refractivity contribution in [3.05, 3.63) is 383 Å². The normalized spacial score (nSPS) is 12.9. The quantitative estimate of drug-likeness (QED) is 0.0380. The van der Waals surface area contributed by atoms with Gasteiger partial charge in [0.05, 0.1) is 39.4 Å². The number of rotatable bonds is 12. The molecule has 0 bridgehead atoms. The van der Waals surface area contributed by atoms with E-state index in [1.807, 2.05) is 152 Å². The van der Waals surface area contributed by atoms with Crippen molar-refractivity contribution >= 4 is 101 Å². The summed E-state index contributed by atoms with van der Waals surface area (Å²) in [6.07, 6.45) is 9.39. The number of pyridine rings is 2. The molecule has 15 nitrogen and oxygen atoms in total. The minimum Gasteiger partial charge on any atom is 0 e. The maximum absolute atomic E-state index is 10.7. The maximum atomic E-state index is 10.7. The number of imidazole rings is 2. The predicted octanol–water partition coefficient (Wildman–Crippen LogP) is 30.8. The van der Waals surface area contributed by atoms with Crippen LogP contribution in [0, 0.1) is 57.3 Å². The molecule has 0 atom stereocenters. The number of para-hydroxylation sites is 6. The molecule has 746 valence electrons. The SMILES string of the molecule is N#Cc1ccccc1.O=S(=O)([O-])C(F)(F)F.[2H]C([2H])([2H])c1cc(C(C)(C)C)cc(C)c1-c1ccnc(-n2c3[c-]c(Oc4[c-]c(-n5[c-][n+](-c6cc(C(C)(C)C)cc(C(C)(C)C)c6)c6ccccc65)ccc4)ccc3c3ccccc32)c1.[2H]C([2H])([2H])c1cc(C(C)(C)C)cc(C)c1-c1ccnc(-n2c3ccccc3c3ccc(Oc4cccc(-n5c[n+](-c6cc(C(C)(C)C)cc(C(C)(C)C)c6)c6ccccc65)c4)cc32)c1.[2H][C-]=O.[Cl][Pt][Cl].[Pt]. The van der Waals surface area contributed by atoms with Gasteiger partial charge in [0.15, 0.2) is 21.2 Å². The molecule has 0 radical (unpaired) electrons. The molecule has 13 aromatic carbocycles. The molecule has 0 aliphatic carbocycles. The van der Waals surface area contributed by atoms with E-state index in [0.717, 1.165) is 134 Å². The summed E-state index contributed by atoms with van der Waals surface area (Å²) in [5.41, 5.74) is 19.1. The van der Waals surface area contributed by atoms with E-state index < -0.39 is 45.8 Å². The standard InChI is InChI=1S/C56H57N4O.C56H54N4O.C7H5N.CHF3O3S.CHO.2ClH.2Pt/c2*1-36-27-39(54(3,4)5)28-37(2)53(36)38-25-26-57-52(29-38)60-48-20-13-12-19-46(48)47-24-23-45(34-51(47)60)61-44-18-16-17-42(33-44)58-35-59(50-22-15-14-21-49(50)58)43-31-40(55(6,7)8)30-41(32-43)56(9,10)11;8-6-7-4-2-1-3-5-7;2-1(3,4)8(5,6)7;1-2;;;;/h12-35H,1-11H3;12-32H,1-11H3;1-5H;(H,5,6,7);1H;2*1H;;/q+1;-2;;;-1;;;;+2/p-3/i2*1D3;;;1D;;;;. The van der Waals surface area contributed by atoms with Crippen LogP contribution in [0.2, 0.25) is 0 Å². The van der Waals surface area contributed by atoms with Gasteiger partial charge >= 0.3 is 40.8 Å². The number of carbonyl (C=O) groups excluding carboxylic acids is 1. The van der Waals surface area contributed by atoms with Gasteiger partial charge in [0.25, 0.3) is 12.7 Å². The summed E-state index contributed by atoms with van der Waals surface area (Å²) in [7, 11) is 3.66. The van der Waals surface area contributed by atoms with Gasteiger partial charge in [-0.2, -0.15) is 47.1 Å². The predicted molar refractivity (Wildman–Crippen MR) is 571 cm³/mol. The Morgan fingerprint density at radius 3 is 1.39 bits per heavy atom. The van der Waals surface area contributed by atoms with E-state index in [1.165, 1.54) is 22.3 Å². The second kappa shape index (κ2) is 43.6. The average molecular weight is 2350 g/mol. The van der Waals surface area contributed by atoms with E-state index in [-0.39, 0.29) is 53.6 Å². The van der Waals surface area contributed by atoms with Gasteiger partial charge in [-0.1, -0.05) is 264 Å². The van der Waals surface area contributed by atoms with Gasteiger partial charge in [0, 0.05) is 81.6 Å². The zero-order valence-electron chi connectivity index (χ0n) is 90.8. The fraction of sp³-hybridized carbons (Fsp3) is 0.240. The third-order valence-electron chi connectivity index (χ3n) is 24.9. The molecule has 0 unspecified atom stereocenters. The summed E-state index contributed by atoms with van der Waals surface area (Å²) in [4.78, 5) is 18.1. The van der Waals surface area contributed by atoms with Crippen LogP contribution in [0.3, 0.4) is 0 Å². The van der Waals surface area contributed by atoms with Crippen molar-refractivity contribution in [1.82, 2.24) is 28.2 Å². The number of halogens is 5. The fourth-order valence-electron chi connectivity index (χ4n) is 17.3. The van der Waals surface area contributed by atoms with Gasteiger partial charge in [-0.15, -0.1) is 29.7 Å². The van der Waals surface area contributed by atoms with Crippen molar-refractivity contribution < 1.29 is 96.7 Å². The second-order valence-electron chi connectivity index (χ2n) is 41.4. The van der Waals surface area contributed by atoms with Crippen LogP contribution >= 0.6 is 18.8 Å². The third-order valence-corrected chi connectivity index (χ3v) is 25.5. The number of aryl methyl sites for hydroxylation is 4. The molecule has 23 heteroatoms. The van der Waals surface area contributed by atoms with E-state index in [9.17, 15) is 13.2 Å². The van der Waals surface area contributed by atoms with Crippen molar-refractivity contribution in [3.8, 4) is 85.7 Å². The van der Waals surface area contributed by atoms with Gasteiger partial charge < -0.3 is 28.0 Å². The van der Waals surface area contributed by atoms with Crippen molar-refractivity contribution in [2.75, 3.05) is 0 Å². The smallest absolute Gasteiger partial charge is 0 e. The van der Waals surface area contributed by atoms with E-state index in [2.05, 4.69) is 318 Å².